The maximum Gasteiger partial charge on any atom is 0.335 e. The summed E-state index contributed by atoms with van der Waals surface area (Å²) in [6.45, 7) is 5.39. The van der Waals surface area contributed by atoms with E-state index in [1.165, 1.54) is 0 Å². The molecule has 0 aliphatic heterocycles. The summed E-state index contributed by atoms with van der Waals surface area (Å²) in [5.74, 6) is -0.00396. The van der Waals surface area contributed by atoms with Crippen molar-refractivity contribution in [1.82, 2.24) is 0 Å². The second-order valence-corrected chi connectivity index (χ2v) is 5.44. The van der Waals surface area contributed by atoms with Gasteiger partial charge in [-0.3, -0.25) is 0 Å². The maximum atomic E-state index is 11.2. The second kappa shape index (κ2) is 5.98. The molecule has 0 radical (unpaired) electrons. The SMILES string of the molecule is C=CC(=O)Oc1c(Br)cc(Br)c(CC)c1Br. The Morgan fingerprint density at radius 3 is 2.56 bits per heavy atom. The predicted octanol–water partition coefficient (Wildman–Crippen LogP) is 4.63. The van der Waals surface area contributed by atoms with Crippen LogP contribution in [0.3, 0.4) is 0 Å². The standard InChI is InChI=1S/C11H9Br3O2/c1-3-6-7(12)5-8(13)11(10(6)14)16-9(15)4-2/h4-5H,2-3H2,1H3. The lowest BCUT2D eigenvalue weighted by atomic mass is 10.1. The Labute approximate surface area is 119 Å². The van der Waals surface area contributed by atoms with Crippen molar-refractivity contribution >= 4 is 53.8 Å². The number of esters is 1. The van der Waals surface area contributed by atoms with Gasteiger partial charge in [0, 0.05) is 10.5 Å². The molecule has 0 atom stereocenters. The van der Waals surface area contributed by atoms with Gasteiger partial charge in [-0.1, -0.05) is 29.4 Å². The monoisotopic (exact) mass is 410 g/mol. The molecule has 1 rings (SSSR count). The maximum absolute atomic E-state index is 11.2. The molecule has 0 amide bonds. The molecule has 16 heavy (non-hydrogen) atoms. The smallest absolute Gasteiger partial charge is 0.335 e. The van der Waals surface area contributed by atoms with Crippen LogP contribution in [0.2, 0.25) is 0 Å². The summed E-state index contributed by atoms with van der Waals surface area (Å²) in [6, 6.07) is 1.86. The molecular weight excluding hydrogens is 404 g/mol. The molecule has 1 aromatic carbocycles. The van der Waals surface area contributed by atoms with Crippen LogP contribution in [0.5, 0.6) is 5.75 Å². The Bertz CT molecular complexity index is 441. The molecule has 5 heteroatoms. The summed E-state index contributed by atoms with van der Waals surface area (Å²) in [7, 11) is 0. The van der Waals surface area contributed by atoms with Gasteiger partial charge in [0.1, 0.15) is 0 Å². The molecule has 0 heterocycles. The van der Waals surface area contributed by atoms with Gasteiger partial charge in [-0.25, -0.2) is 4.79 Å². The molecule has 0 aromatic heterocycles. The molecule has 0 unspecified atom stereocenters. The summed E-state index contributed by atoms with van der Waals surface area (Å²) in [5.41, 5.74) is 1.05. The van der Waals surface area contributed by atoms with Crippen LogP contribution >= 0.6 is 47.8 Å². The van der Waals surface area contributed by atoms with Gasteiger partial charge in [-0.05, 0) is 49.9 Å². The highest BCUT2D eigenvalue weighted by Crippen LogP contribution is 2.40. The number of ether oxygens (including phenoxy) is 1. The fraction of sp³-hybridized carbons (Fsp3) is 0.182. The zero-order valence-electron chi connectivity index (χ0n) is 8.52. The third kappa shape index (κ3) is 2.96. The lowest BCUT2D eigenvalue weighted by molar-refractivity contribution is -0.129. The van der Waals surface area contributed by atoms with E-state index in [9.17, 15) is 4.79 Å². The Morgan fingerprint density at radius 2 is 2.06 bits per heavy atom. The van der Waals surface area contributed by atoms with Gasteiger partial charge < -0.3 is 4.74 Å². The summed E-state index contributed by atoms with van der Waals surface area (Å²) >= 11 is 10.2. The van der Waals surface area contributed by atoms with Gasteiger partial charge in [-0.15, -0.1) is 0 Å². The first-order chi connectivity index (χ1) is 7.51. The highest BCUT2D eigenvalue weighted by Gasteiger charge is 2.15. The molecule has 86 valence electrons. The first-order valence-electron chi connectivity index (χ1n) is 4.51. The Morgan fingerprint density at radius 1 is 1.44 bits per heavy atom. The molecule has 0 saturated heterocycles. The molecule has 0 fully saturated rings. The molecule has 2 nitrogen and oxygen atoms in total. The van der Waals surface area contributed by atoms with Gasteiger partial charge in [0.25, 0.3) is 0 Å². The van der Waals surface area contributed by atoms with Crippen LogP contribution in [-0.4, -0.2) is 5.97 Å². The van der Waals surface area contributed by atoms with Crippen LogP contribution in [0.1, 0.15) is 12.5 Å². The number of hydrogen-bond acceptors (Lipinski definition) is 2. The average molecular weight is 413 g/mol. The highest BCUT2D eigenvalue weighted by molar-refractivity contribution is 9.11. The van der Waals surface area contributed by atoms with Crippen LogP contribution in [-0.2, 0) is 11.2 Å². The average Bonchev–Trinajstić information content (AvgIpc) is 2.24. The van der Waals surface area contributed by atoms with Crippen LogP contribution in [0.15, 0.2) is 32.1 Å². The summed E-state index contributed by atoms with van der Waals surface area (Å²) < 4.78 is 7.59. The van der Waals surface area contributed by atoms with Gasteiger partial charge in [0.15, 0.2) is 5.75 Å². The van der Waals surface area contributed by atoms with Crippen molar-refractivity contribution < 1.29 is 9.53 Å². The molecule has 0 N–H and O–H groups in total. The van der Waals surface area contributed by atoms with E-state index in [2.05, 4.69) is 54.4 Å². The van der Waals surface area contributed by atoms with E-state index >= 15 is 0 Å². The minimum Gasteiger partial charge on any atom is -0.421 e. The van der Waals surface area contributed by atoms with E-state index < -0.39 is 5.97 Å². The van der Waals surface area contributed by atoms with E-state index in [1.54, 1.807) is 0 Å². The highest BCUT2D eigenvalue weighted by atomic mass is 79.9. The van der Waals surface area contributed by atoms with Crippen molar-refractivity contribution in [2.45, 2.75) is 13.3 Å². The molecule has 0 aliphatic carbocycles. The first-order valence-corrected chi connectivity index (χ1v) is 6.89. The van der Waals surface area contributed by atoms with E-state index in [4.69, 9.17) is 4.74 Å². The van der Waals surface area contributed by atoms with Crippen molar-refractivity contribution in [2.75, 3.05) is 0 Å². The number of benzene rings is 1. The van der Waals surface area contributed by atoms with Crippen molar-refractivity contribution in [3.05, 3.63) is 37.7 Å². The number of carbonyl (C=O) groups is 1. The number of carbonyl (C=O) groups excluding carboxylic acids is 1. The predicted molar refractivity (Wildman–Crippen MR) is 74.8 cm³/mol. The molecule has 0 aliphatic rings. The van der Waals surface area contributed by atoms with Gasteiger partial charge in [0.05, 0.1) is 8.95 Å². The molecular formula is C11H9Br3O2. The van der Waals surface area contributed by atoms with Crippen LogP contribution < -0.4 is 4.74 Å². The number of rotatable bonds is 3. The number of halogens is 3. The molecule has 0 spiro atoms. The normalized spacial score (nSPS) is 10.0. The fourth-order valence-corrected chi connectivity index (χ4v) is 4.01. The van der Waals surface area contributed by atoms with Gasteiger partial charge in [-0.2, -0.15) is 0 Å². The van der Waals surface area contributed by atoms with Gasteiger partial charge in [0.2, 0.25) is 0 Å². The molecule has 0 saturated carbocycles. The van der Waals surface area contributed by atoms with Crippen LogP contribution in [0, 0.1) is 0 Å². The third-order valence-electron chi connectivity index (χ3n) is 1.95. The number of hydrogen-bond donors (Lipinski definition) is 0. The Hall–Kier alpha value is -0.130. The van der Waals surface area contributed by atoms with Crippen molar-refractivity contribution in [1.29, 1.82) is 0 Å². The summed E-state index contributed by atoms with van der Waals surface area (Å²) in [5, 5.41) is 0. The van der Waals surface area contributed by atoms with Crippen molar-refractivity contribution in [3.8, 4) is 5.75 Å². The van der Waals surface area contributed by atoms with Crippen molar-refractivity contribution in [3.63, 3.8) is 0 Å². The third-order valence-corrected chi connectivity index (χ3v) is 4.08. The fourth-order valence-electron chi connectivity index (χ4n) is 1.17. The molecule has 1 aromatic rings. The Balaban J connectivity index is 3.27. The Kier molecular flexibility index (Phi) is 5.21. The van der Waals surface area contributed by atoms with E-state index in [0.717, 1.165) is 27.0 Å². The zero-order chi connectivity index (χ0) is 12.3. The van der Waals surface area contributed by atoms with Crippen LogP contribution in [0.4, 0.5) is 0 Å². The topological polar surface area (TPSA) is 26.3 Å². The quantitative estimate of drug-likeness (QED) is 0.411. The van der Waals surface area contributed by atoms with E-state index in [1.807, 2.05) is 13.0 Å². The van der Waals surface area contributed by atoms with E-state index in [0.29, 0.717) is 10.2 Å². The minimum atomic E-state index is -0.481. The summed E-state index contributed by atoms with van der Waals surface area (Å²) in [6.07, 6.45) is 1.96. The lowest BCUT2D eigenvalue weighted by Crippen LogP contribution is -2.05. The lowest BCUT2D eigenvalue weighted by Gasteiger charge is -2.12. The second-order valence-electron chi connectivity index (χ2n) is 2.94. The minimum absolute atomic E-state index is 0.477. The van der Waals surface area contributed by atoms with Crippen LogP contribution in [0.25, 0.3) is 0 Å². The van der Waals surface area contributed by atoms with Gasteiger partial charge >= 0.3 is 5.97 Å². The molecule has 0 bridgehead atoms. The summed E-state index contributed by atoms with van der Waals surface area (Å²) in [4.78, 5) is 11.2. The van der Waals surface area contributed by atoms with E-state index in [-0.39, 0.29) is 0 Å². The largest absolute Gasteiger partial charge is 0.421 e. The van der Waals surface area contributed by atoms with Crippen molar-refractivity contribution in [2.24, 2.45) is 0 Å². The zero-order valence-corrected chi connectivity index (χ0v) is 13.3. The first kappa shape index (κ1) is 13.9.